The number of benzene rings is 1. The molecule has 2 aromatic heterocycles. The normalized spacial score (nSPS) is 17.1. The summed E-state index contributed by atoms with van der Waals surface area (Å²) in [6, 6.07) is 12.7. The summed E-state index contributed by atoms with van der Waals surface area (Å²) in [7, 11) is 0. The van der Waals surface area contributed by atoms with Crippen molar-refractivity contribution in [3.63, 3.8) is 0 Å². The quantitative estimate of drug-likeness (QED) is 0.741. The van der Waals surface area contributed by atoms with Gasteiger partial charge in [0.15, 0.2) is 5.82 Å². The molecule has 1 atom stereocenters. The van der Waals surface area contributed by atoms with Gasteiger partial charge >= 0.3 is 0 Å². The van der Waals surface area contributed by atoms with E-state index in [1.807, 2.05) is 18.2 Å². The summed E-state index contributed by atoms with van der Waals surface area (Å²) in [4.78, 5) is 6.39. The Hall–Kier alpha value is -2.80. The third kappa shape index (κ3) is 3.51. The first-order chi connectivity index (χ1) is 12.4. The lowest BCUT2D eigenvalue weighted by Gasteiger charge is -2.25. The van der Waals surface area contributed by atoms with Crippen molar-refractivity contribution in [2.24, 2.45) is 0 Å². The molecule has 1 aliphatic rings. The minimum Gasteiger partial charge on any atom is -0.351 e. The maximum absolute atomic E-state index is 4.25. The standard InChI is InChI=1S/C18H21N7/c1-2-7-17(25-14-20-13-22-25)15(5-1)11-19-12-16-6-4-10-24(16)18-8-3-9-21-23-18/h1-3,5,7-9,13-14,16,19H,4,6,10-12H2. The lowest BCUT2D eigenvalue weighted by Crippen LogP contribution is -2.38. The van der Waals surface area contributed by atoms with Crippen molar-refractivity contribution >= 4 is 5.82 Å². The van der Waals surface area contributed by atoms with E-state index in [4.69, 9.17) is 0 Å². The number of nitrogens with zero attached hydrogens (tertiary/aromatic N) is 6. The Labute approximate surface area is 146 Å². The molecular weight excluding hydrogens is 314 g/mol. The predicted octanol–water partition coefficient (Wildman–Crippen LogP) is 1.82. The minimum atomic E-state index is 0.454. The Morgan fingerprint density at radius 2 is 2.12 bits per heavy atom. The van der Waals surface area contributed by atoms with Crippen molar-refractivity contribution in [2.75, 3.05) is 18.0 Å². The smallest absolute Gasteiger partial charge is 0.151 e. The predicted molar refractivity (Wildman–Crippen MR) is 95.5 cm³/mol. The molecule has 1 aliphatic heterocycles. The molecule has 7 nitrogen and oxygen atoms in total. The second-order valence-electron chi connectivity index (χ2n) is 6.17. The van der Waals surface area contributed by atoms with Gasteiger partial charge in [-0.25, -0.2) is 9.67 Å². The molecule has 4 rings (SSSR count). The van der Waals surface area contributed by atoms with Gasteiger partial charge in [0.1, 0.15) is 12.7 Å². The zero-order valence-corrected chi connectivity index (χ0v) is 14.0. The average molecular weight is 335 g/mol. The summed E-state index contributed by atoms with van der Waals surface area (Å²) >= 11 is 0. The largest absolute Gasteiger partial charge is 0.351 e. The zero-order chi connectivity index (χ0) is 16.9. The fourth-order valence-electron chi connectivity index (χ4n) is 3.39. The van der Waals surface area contributed by atoms with Gasteiger partial charge in [-0.15, -0.1) is 5.10 Å². The molecule has 3 aromatic rings. The fraction of sp³-hybridized carbons (Fsp3) is 0.333. The topological polar surface area (TPSA) is 71.8 Å². The molecular formula is C18H21N7. The molecule has 0 aliphatic carbocycles. The van der Waals surface area contributed by atoms with E-state index in [2.05, 4.69) is 48.7 Å². The van der Waals surface area contributed by atoms with E-state index in [0.717, 1.165) is 31.1 Å². The first-order valence-corrected chi connectivity index (χ1v) is 8.60. The number of nitrogens with one attached hydrogen (secondary N) is 1. The highest BCUT2D eigenvalue weighted by Crippen LogP contribution is 2.22. The third-order valence-electron chi connectivity index (χ3n) is 4.58. The van der Waals surface area contributed by atoms with Crippen LogP contribution in [0.5, 0.6) is 0 Å². The summed E-state index contributed by atoms with van der Waals surface area (Å²) in [6.07, 6.45) is 7.37. The number of aromatic nitrogens is 5. The van der Waals surface area contributed by atoms with Crippen LogP contribution < -0.4 is 10.2 Å². The fourth-order valence-corrected chi connectivity index (χ4v) is 3.39. The third-order valence-corrected chi connectivity index (χ3v) is 4.58. The first kappa shape index (κ1) is 15.7. The van der Waals surface area contributed by atoms with Crippen LogP contribution >= 0.6 is 0 Å². The summed E-state index contributed by atoms with van der Waals surface area (Å²) < 4.78 is 1.80. The van der Waals surface area contributed by atoms with Crippen LogP contribution in [-0.4, -0.2) is 44.1 Å². The highest BCUT2D eigenvalue weighted by atomic mass is 15.3. The number of hydrogen-bond acceptors (Lipinski definition) is 6. The number of para-hydroxylation sites is 1. The SMILES string of the molecule is c1cnnc(N2CCCC2CNCc2ccccc2-n2cncn2)c1. The van der Waals surface area contributed by atoms with Crippen molar-refractivity contribution in [1.29, 1.82) is 0 Å². The Morgan fingerprint density at radius 3 is 2.96 bits per heavy atom. The summed E-state index contributed by atoms with van der Waals surface area (Å²) in [5.74, 6) is 0.967. The van der Waals surface area contributed by atoms with E-state index in [1.165, 1.54) is 18.4 Å². The number of rotatable bonds is 6. The first-order valence-electron chi connectivity index (χ1n) is 8.60. The molecule has 1 saturated heterocycles. The molecule has 0 spiro atoms. The Bertz CT molecular complexity index is 788. The van der Waals surface area contributed by atoms with E-state index < -0.39 is 0 Å². The lowest BCUT2D eigenvalue weighted by molar-refractivity contribution is 0.568. The molecule has 128 valence electrons. The van der Waals surface area contributed by atoms with Gasteiger partial charge in [0.05, 0.1) is 5.69 Å². The van der Waals surface area contributed by atoms with E-state index in [9.17, 15) is 0 Å². The number of anilines is 1. The van der Waals surface area contributed by atoms with Gasteiger partial charge in [0.2, 0.25) is 0 Å². The van der Waals surface area contributed by atoms with Gasteiger partial charge in [-0.3, -0.25) is 0 Å². The summed E-state index contributed by atoms with van der Waals surface area (Å²) in [5, 5.41) is 16.1. The van der Waals surface area contributed by atoms with Gasteiger partial charge in [-0.05, 0) is 36.6 Å². The lowest BCUT2D eigenvalue weighted by atomic mass is 10.1. The summed E-state index contributed by atoms with van der Waals surface area (Å²) in [5.41, 5.74) is 2.27. The molecule has 7 heteroatoms. The van der Waals surface area contributed by atoms with Crippen molar-refractivity contribution in [1.82, 2.24) is 30.3 Å². The van der Waals surface area contributed by atoms with E-state index in [0.29, 0.717) is 6.04 Å². The molecule has 0 radical (unpaired) electrons. The molecule has 1 unspecified atom stereocenters. The molecule has 0 amide bonds. The van der Waals surface area contributed by atoms with Gasteiger partial charge in [0, 0.05) is 31.9 Å². The van der Waals surface area contributed by atoms with Crippen LogP contribution in [0.4, 0.5) is 5.82 Å². The molecule has 1 aromatic carbocycles. The van der Waals surface area contributed by atoms with Crippen LogP contribution in [0.2, 0.25) is 0 Å². The van der Waals surface area contributed by atoms with Crippen LogP contribution in [0, 0.1) is 0 Å². The highest BCUT2D eigenvalue weighted by Gasteiger charge is 2.25. The van der Waals surface area contributed by atoms with Crippen molar-refractivity contribution in [2.45, 2.75) is 25.4 Å². The van der Waals surface area contributed by atoms with Crippen LogP contribution in [0.25, 0.3) is 5.69 Å². The van der Waals surface area contributed by atoms with Gasteiger partial charge < -0.3 is 10.2 Å². The van der Waals surface area contributed by atoms with Crippen LogP contribution in [0.15, 0.2) is 55.2 Å². The van der Waals surface area contributed by atoms with Crippen LogP contribution in [0.3, 0.4) is 0 Å². The van der Waals surface area contributed by atoms with E-state index in [-0.39, 0.29) is 0 Å². The zero-order valence-electron chi connectivity index (χ0n) is 14.0. The van der Waals surface area contributed by atoms with Crippen molar-refractivity contribution in [3.05, 3.63) is 60.8 Å². The number of hydrogen-bond donors (Lipinski definition) is 1. The Balaban J connectivity index is 1.40. The van der Waals surface area contributed by atoms with Crippen molar-refractivity contribution in [3.8, 4) is 5.69 Å². The Morgan fingerprint density at radius 1 is 1.16 bits per heavy atom. The van der Waals surface area contributed by atoms with Crippen LogP contribution in [-0.2, 0) is 6.54 Å². The van der Waals surface area contributed by atoms with Gasteiger partial charge in [-0.1, -0.05) is 18.2 Å². The molecule has 0 bridgehead atoms. The van der Waals surface area contributed by atoms with Gasteiger partial charge in [0.25, 0.3) is 0 Å². The maximum atomic E-state index is 4.25. The molecule has 1 fully saturated rings. The maximum Gasteiger partial charge on any atom is 0.151 e. The Kier molecular flexibility index (Phi) is 4.65. The highest BCUT2D eigenvalue weighted by molar-refractivity contribution is 5.41. The van der Waals surface area contributed by atoms with E-state index >= 15 is 0 Å². The summed E-state index contributed by atoms with van der Waals surface area (Å²) in [6.45, 7) is 2.75. The van der Waals surface area contributed by atoms with Crippen LogP contribution in [0.1, 0.15) is 18.4 Å². The van der Waals surface area contributed by atoms with Gasteiger partial charge in [-0.2, -0.15) is 10.2 Å². The average Bonchev–Trinajstić information content (AvgIpc) is 3.35. The van der Waals surface area contributed by atoms with E-state index in [1.54, 1.807) is 23.5 Å². The second kappa shape index (κ2) is 7.40. The van der Waals surface area contributed by atoms with Crippen molar-refractivity contribution < 1.29 is 0 Å². The minimum absolute atomic E-state index is 0.454. The molecule has 25 heavy (non-hydrogen) atoms. The second-order valence-corrected chi connectivity index (χ2v) is 6.17. The molecule has 0 saturated carbocycles. The molecule has 1 N–H and O–H groups in total. The molecule has 3 heterocycles. The monoisotopic (exact) mass is 335 g/mol.